The Bertz CT molecular complexity index is 602. The summed E-state index contributed by atoms with van der Waals surface area (Å²) in [5, 5.41) is 17.0. The Balaban J connectivity index is 1.73. The van der Waals surface area contributed by atoms with Gasteiger partial charge >= 0.3 is 0 Å². The fraction of sp³-hybridized carbons (Fsp3) is 0.467. The van der Waals surface area contributed by atoms with Gasteiger partial charge in [-0.05, 0) is 37.8 Å². The van der Waals surface area contributed by atoms with Crippen molar-refractivity contribution in [1.82, 2.24) is 15.2 Å². The largest absolute Gasteiger partial charge is 0.507 e. The average molecular weight is 287 g/mol. The maximum Gasteiger partial charge on any atom is 0.245 e. The average Bonchev–Trinajstić information content (AvgIpc) is 2.97. The molecule has 6 nitrogen and oxygen atoms in total. The van der Waals surface area contributed by atoms with Crippen LogP contribution in [0.15, 0.2) is 24.3 Å². The fourth-order valence-electron chi connectivity index (χ4n) is 2.81. The van der Waals surface area contributed by atoms with Gasteiger partial charge in [0.1, 0.15) is 5.75 Å². The highest BCUT2D eigenvalue weighted by Crippen LogP contribution is 2.28. The molecule has 0 saturated carbocycles. The van der Waals surface area contributed by atoms with Gasteiger partial charge < -0.3 is 15.7 Å². The molecule has 1 unspecified atom stereocenters. The number of para-hydroxylation sites is 1. The number of aromatic hydroxyl groups is 1. The molecule has 1 aliphatic rings. The van der Waals surface area contributed by atoms with E-state index in [1.54, 1.807) is 12.1 Å². The summed E-state index contributed by atoms with van der Waals surface area (Å²) in [6.45, 7) is 3.91. The lowest BCUT2D eigenvalue weighted by Crippen LogP contribution is -2.40. The van der Waals surface area contributed by atoms with E-state index in [1.807, 2.05) is 12.1 Å². The first-order valence-electron chi connectivity index (χ1n) is 7.36. The molecule has 1 aromatic carbocycles. The van der Waals surface area contributed by atoms with Crippen LogP contribution in [0.5, 0.6) is 5.75 Å². The quantitative estimate of drug-likeness (QED) is 0.800. The van der Waals surface area contributed by atoms with Crippen LogP contribution in [0.25, 0.3) is 11.4 Å². The molecule has 0 amide bonds. The summed E-state index contributed by atoms with van der Waals surface area (Å²) in [5.41, 5.74) is 6.63. The van der Waals surface area contributed by atoms with Crippen LogP contribution in [0, 0.1) is 5.92 Å². The van der Waals surface area contributed by atoms with Crippen molar-refractivity contribution in [3.63, 3.8) is 0 Å². The van der Waals surface area contributed by atoms with Crippen molar-refractivity contribution in [1.29, 1.82) is 0 Å². The molecular weight excluding hydrogens is 266 g/mol. The topological polar surface area (TPSA) is 91.1 Å². The van der Waals surface area contributed by atoms with Crippen molar-refractivity contribution in [2.45, 2.75) is 25.8 Å². The maximum absolute atomic E-state index is 9.86. The van der Waals surface area contributed by atoms with Crippen molar-refractivity contribution < 1.29 is 5.11 Å². The lowest BCUT2D eigenvalue weighted by Gasteiger charge is -2.32. The Hall–Kier alpha value is -2.08. The SMILES string of the molecule is CC(N)C1CCN(c2n[nH]c(-c3ccccc3O)n2)CC1. The second-order valence-electron chi connectivity index (χ2n) is 5.68. The first-order valence-corrected chi connectivity index (χ1v) is 7.36. The van der Waals surface area contributed by atoms with Crippen LogP contribution in [-0.2, 0) is 0 Å². The highest BCUT2D eigenvalue weighted by molar-refractivity contribution is 5.64. The monoisotopic (exact) mass is 287 g/mol. The van der Waals surface area contributed by atoms with E-state index < -0.39 is 0 Å². The molecular formula is C15H21N5O. The van der Waals surface area contributed by atoms with Crippen LogP contribution in [0.1, 0.15) is 19.8 Å². The number of anilines is 1. The van der Waals surface area contributed by atoms with Gasteiger partial charge in [0.2, 0.25) is 5.95 Å². The first-order chi connectivity index (χ1) is 10.1. The number of nitrogens with one attached hydrogen (secondary N) is 1. The van der Waals surface area contributed by atoms with Gasteiger partial charge in [0.25, 0.3) is 0 Å². The molecule has 21 heavy (non-hydrogen) atoms. The van der Waals surface area contributed by atoms with E-state index in [2.05, 4.69) is 27.0 Å². The van der Waals surface area contributed by atoms with Crippen LogP contribution in [0.3, 0.4) is 0 Å². The van der Waals surface area contributed by atoms with E-state index in [9.17, 15) is 5.11 Å². The van der Waals surface area contributed by atoms with Crippen molar-refractivity contribution in [2.24, 2.45) is 11.7 Å². The number of aromatic nitrogens is 3. The van der Waals surface area contributed by atoms with E-state index in [4.69, 9.17) is 5.73 Å². The predicted molar refractivity (Wildman–Crippen MR) is 82.1 cm³/mol. The number of phenols is 1. The number of piperidine rings is 1. The summed E-state index contributed by atoms with van der Waals surface area (Å²) in [6.07, 6.45) is 2.14. The fourth-order valence-corrected chi connectivity index (χ4v) is 2.81. The van der Waals surface area contributed by atoms with E-state index in [0.29, 0.717) is 23.3 Å². The van der Waals surface area contributed by atoms with E-state index in [0.717, 1.165) is 25.9 Å². The summed E-state index contributed by atoms with van der Waals surface area (Å²) >= 11 is 0. The van der Waals surface area contributed by atoms with Crippen LogP contribution in [-0.4, -0.2) is 39.4 Å². The van der Waals surface area contributed by atoms with Gasteiger partial charge in [0.15, 0.2) is 5.82 Å². The number of hydrogen-bond acceptors (Lipinski definition) is 5. The van der Waals surface area contributed by atoms with Gasteiger partial charge in [0, 0.05) is 19.1 Å². The second kappa shape index (κ2) is 5.73. The molecule has 4 N–H and O–H groups in total. The number of phenolic OH excluding ortho intramolecular Hbond substituents is 1. The van der Waals surface area contributed by atoms with Gasteiger partial charge in [-0.1, -0.05) is 12.1 Å². The number of rotatable bonds is 3. The molecule has 6 heteroatoms. The minimum absolute atomic E-state index is 0.205. The van der Waals surface area contributed by atoms with E-state index in [-0.39, 0.29) is 11.8 Å². The lowest BCUT2D eigenvalue weighted by molar-refractivity contribution is 0.352. The van der Waals surface area contributed by atoms with Crippen LogP contribution in [0.2, 0.25) is 0 Å². The number of H-pyrrole nitrogens is 1. The van der Waals surface area contributed by atoms with Gasteiger partial charge in [0.05, 0.1) is 5.56 Å². The molecule has 2 heterocycles. The molecule has 0 bridgehead atoms. The molecule has 1 saturated heterocycles. The lowest BCUT2D eigenvalue weighted by atomic mass is 9.91. The van der Waals surface area contributed by atoms with Crippen molar-refractivity contribution in [2.75, 3.05) is 18.0 Å². The smallest absolute Gasteiger partial charge is 0.245 e. The highest BCUT2D eigenvalue weighted by atomic mass is 16.3. The van der Waals surface area contributed by atoms with Crippen molar-refractivity contribution >= 4 is 5.95 Å². The summed E-state index contributed by atoms with van der Waals surface area (Å²) in [7, 11) is 0. The highest BCUT2D eigenvalue weighted by Gasteiger charge is 2.24. The third kappa shape index (κ3) is 2.85. The van der Waals surface area contributed by atoms with Gasteiger partial charge in [-0.25, -0.2) is 0 Å². The zero-order valence-corrected chi connectivity index (χ0v) is 12.2. The van der Waals surface area contributed by atoms with Gasteiger partial charge in [-0.3, -0.25) is 5.10 Å². The zero-order valence-electron chi connectivity index (χ0n) is 12.2. The molecule has 1 fully saturated rings. The Morgan fingerprint density at radius 3 is 2.71 bits per heavy atom. The number of hydrogen-bond donors (Lipinski definition) is 3. The molecule has 1 aromatic heterocycles. The Morgan fingerprint density at radius 1 is 1.33 bits per heavy atom. The normalized spacial score (nSPS) is 17.9. The Morgan fingerprint density at radius 2 is 2.05 bits per heavy atom. The summed E-state index contributed by atoms with van der Waals surface area (Å²) < 4.78 is 0. The minimum atomic E-state index is 0.205. The first kappa shape index (κ1) is 13.9. The van der Waals surface area contributed by atoms with E-state index >= 15 is 0 Å². The molecule has 3 rings (SSSR count). The molecule has 0 spiro atoms. The maximum atomic E-state index is 9.86. The summed E-state index contributed by atoms with van der Waals surface area (Å²) in [4.78, 5) is 6.67. The third-order valence-electron chi connectivity index (χ3n) is 4.20. The molecule has 112 valence electrons. The molecule has 0 radical (unpaired) electrons. The molecule has 0 aliphatic carbocycles. The number of nitrogens with zero attached hydrogens (tertiary/aromatic N) is 3. The van der Waals surface area contributed by atoms with Crippen LogP contribution in [0.4, 0.5) is 5.95 Å². The van der Waals surface area contributed by atoms with E-state index in [1.165, 1.54) is 0 Å². The van der Waals surface area contributed by atoms with Crippen molar-refractivity contribution in [3.05, 3.63) is 24.3 Å². The number of benzene rings is 1. The summed E-state index contributed by atoms with van der Waals surface area (Å²) in [5.74, 6) is 2.07. The second-order valence-corrected chi connectivity index (χ2v) is 5.68. The Labute approximate surface area is 124 Å². The van der Waals surface area contributed by atoms with Gasteiger partial charge in [-0.15, -0.1) is 5.10 Å². The third-order valence-corrected chi connectivity index (χ3v) is 4.20. The zero-order chi connectivity index (χ0) is 14.8. The summed E-state index contributed by atoms with van der Waals surface area (Å²) in [6, 6.07) is 7.37. The van der Waals surface area contributed by atoms with Crippen LogP contribution < -0.4 is 10.6 Å². The standard InChI is InChI=1S/C15H21N5O/c1-10(16)11-6-8-20(9-7-11)15-17-14(18-19-15)12-4-2-3-5-13(12)21/h2-5,10-11,21H,6-9,16H2,1H3,(H,17,18,19). The van der Waals surface area contributed by atoms with Crippen LogP contribution >= 0.6 is 0 Å². The van der Waals surface area contributed by atoms with Gasteiger partial charge in [-0.2, -0.15) is 4.98 Å². The molecule has 1 atom stereocenters. The molecule has 2 aromatic rings. The minimum Gasteiger partial charge on any atom is -0.507 e. The number of aromatic amines is 1. The predicted octanol–water partition coefficient (Wildman–Crippen LogP) is 1.74. The Kier molecular flexibility index (Phi) is 3.79. The molecule has 1 aliphatic heterocycles. The number of nitrogens with two attached hydrogens (primary N) is 1. The van der Waals surface area contributed by atoms with Crippen molar-refractivity contribution in [3.8, 4) is 17.1 Å².